The highest BCUT2D eigenvalue weighted by atomic mass is 35.5. The fourth-order valence-electron chi connectivity index (χ4n) is 1.94. The van der Waals surface area contributed by atoms with E-state index in [1.165, 1.54) is 18.4 Å². The van der Waals surface area contributed by atoms with Gasteiger partial charge in [-0.3, -0.25) is 4.68 Å². The van der Waals surface area contributed by atoms with Crippen molar-refractivity contribution in [2.24, 2.45) is 7.05 Å². The van der Waals surface area contributed by atoms with Crippen LogP contribution in [-0.4, -0.2) is 14.8 Å². The zero-order valence-corrected chi connectivity index (χ0v) is 9.78. The topological polar surface area (TPSA) is 30.7 Å². The van der Waals surface area contributed by atoms with Gasteiger partial charge in [-0.2, -0.15) is 5.10 Å². The monoisotopic (exact) mass is 233 g/mol. The normalized spacial score (nSPS) is 15.4. The highest BCUT2D eigenvalue weighted by Crippen LogP contribution is 2.44. The summed E-state index contributed by atoms with van der Waals surface area (Å²) in [6.07, 6.45) is 6.34. The molecule has 82 valence electrons. The first-order chi connectivity index (χ1) is 7.74. The molecule has 0 N–H and O–H groups in total. The molecule has 1 aliphatic carbocycles. The summed E-state index contributed by atoms with van der Waals surface area (Å²) in [5.41, 5.74) is 3.39. The van der Waals surface area contributed by atoms with Crippen molar-refractivity contribution in [3.63, 3.8) is 0 Å². The molecular formula is C12H12ClN3. The first-order valence-electron chi connectivity index (χ1n) is 5.39. The van der Waals surface area contributed by atoms with Crippen LogP contribution in [0.5, 0.6) is 0 Å². The Labute approximate surface area is 99.1 Å². The van der Waals surface area contributed by atoms with Crippen molar-refractivity contribution in [1.82, 2.24) is 14.8 Å². The van der Waals surface area contributed by atoms with Gasteiger partial charge >= 0.3 is 0 Å². The Morgan fingerprint density at radius 3 is 2.88 bits per heavy atom. The second kappa shape index (κ2) is 3.59. The fourth-order valence-corrected chi connectivity index (χ4v) is 2.10. The predicted octanol–water partition coefficient (Wildman–Crippen LogP) is 3.01. The van der Waals surface area contributed by atoms with Gasteiger partial charge in [0.15, 0.2) is 0 Å². The maximum atomic E-state index is 5.95. The van der Waals surface area contributed by atoms with Crippen LogP contribution in [0.3, 0.4) is 0 Å². The Hall–Kier alpha value is -1.35. The molecule has 1 fully saturated rings. The van der Waals surface area contributed by atoms with Crippen LogP contribution in [0.4, 0.5) is 0 Å². The number of halogens is 1. The third-order valence-electron chi connectivity index (χ3n) is 2.91. The Morgan fingerprint density at radius 2 is 2.25 bits per heavy atom. The summed E-state index contributed by atoms with van der Waals surface area (Å²) in [6, 6.07) is 3.93. The summed E-state index contributed by atoms with van der Waals surface area (Å²) in [4.78, 5) is 4.16. The van der Waals surface area contributed by atoms with Crippen LogP contribution >= 0.6 is 11.6 Å². The van der Waals surface area contributed by atoms with Crippen molar-refractivity contribution in [3.05, 3.63) is 35.2 Å². The van der Waals surface area contributed by atoms with Gasteiger partial charge in [0.25, 0.3) is 0 Å². The predicted molar refractivity (Wildman–Crippen MR) is 63.4 cm³/mol. The molecule has 0 bridgehead atoms. The molecule has 16 heavy (non-hydrogen) atoms. The number of hydrogen-bond donors (Lipinski definition) is 0. The van der Waals surface area contributed by atoms with E-state index in [1.807, 2.05) is 31.6 Å². The van der Waals surface area contributed by atoms with E-state index in [4.69, 9.17) is 11.6 Å². The fraction of sp³-hybridized carbons (Fsp3) is 0.333. The molecule has 2 aromatic rings. The van der Waals surface area contributed by atoms with Crippen molar-refractivity contribution < 1.29 is 0 Å². The zero-order valence-electron chi connectivity index (χ0n) is 9.02. The second-order valence-corrected chi connectivity index (χ2v) is 4.63. The number of rotatable bonds is 2. The largest absolute Gasteiger partial charge is 0.275 e. The summed E-state index contributed by atoms with van der Waals surface area (Å²) in [5.74, 6) is 0.654. The van der Waals surface area contributed by atoms with Gasteiger partial charge in [-0.1, -0.05) is 11.6 Å². The standard InChI is InChI=1S/C12H12ClN3/c1-16-5-4-11(15-16)9-6-12(13)14-7-10(9)8-2-3-8/h4-8H,2-3H2,1H3. The van der Waals surface area contributed by atoms with E-state index in [1.54, 1.807) is 4.68 Å². The maximum Gasteiger partial charge on any atom is 0.129 e. The summed E-state index contributed by atoms with van der Waals surface area (Å²) >= 11 is 5.95. The number of aromatic nitrogens is 3. The van der Waals surface area contributed by atoms with Gasteiger partial charge in [0, 0.05) is 25.0 Å². The quantitative estimate of drug-likeness (QED) is 0.747. The van der Waals surface area contributed by atoms with Gasteiger partial charge in [-0.25, -0.2) is 4.98 Å². The Kier molecular flexibility index (Phi) is 2.21. The number of hydrogen-bond acceptors (Lipinski definition) is 2. The molecule has 0 aliphatic heterocycles. The van der Waals surface area contributed by atoms with Crippen molar-refractivity contribution in [3.8, 4) is 11.3 Å². The molecule has 3 rings (SSSR count). The lowest BCUT2D eigenvalue weighted by Gasteiger charge is -2.05. The zero-order chi connectivity index (χ0) is 11.1. The van der Waals surface area contributed by atoms with Crippen LogP contribution in [-0.2, 0) is 7.05 Å². The molecule has 0 aromatic carbocycles. The lowest BCUT2D eigenvalue weighted by molar-refractivity contribution is 0.770. The maximum absolute atomic E-state index is 5.95. The molecule has 3 nitrogen and oxygen atoms in total. The Morgan fingerprint density at radius 1 is 1.44 bits per heavy atom. The molecule has 4 heteroatoms. The number of nitrogens with zero attached hydrogens (tertiary/aromatic N) is 3. The van der Waals surface area contributed by atoms with E-state index in [-0.39, 0.29) is 0 Å². The lowest BCUT2D eigenvalue weighted by Crippen LogP contribution is -1.92. The Bertz CT molecular complexity index is 529. The first kappa shape index (κ1) is 9.85. The molecule has 0 spiro atoms. The third-order valence-corrected chi connectivity index (χ3v) is 3.11. The highest BCUT2D eigenvalue weighted by molar-refractivity contribution is 6.29. The summed E-state index contributed by atoms with van der Waals surface area (Å²) in [7, 11) is 1.92. The van der Waals surface area contributed by atoms with Gasteiger partial charge in [-0.15, -0.1) is 0 Å². The SMILES string of the molecule is Cn1ccc(-c2cc(Cl)ncc2C2CC2)n1. The van der Waals surface area contributed by atoms with Gasteiger partial charge in [0.2, 0.25) is 0 Å². The average molecular weight is 234 g/mol. The van der Waals surface area contributed by atoms with Gasteiger partial charge < -0.3 is 0 Å². The number of pyridine rings is 1. The first-order valence-corrected chi connectivity index (χ1v) is 5.77. The molecule has 2 aromatic heterocycles. The highest BCUT2D eigenvalue weighted by Gasteiger charge is 2.27. The van der Waals surface area contributed by atoms with Crippen LogP contribution < -0.4 is 0 Å². The summed E-state index contributed by atoms with van der Waals surface area (Å²) in [5, 5.41) is 4.96. The van der Waals surface area contributed by atoms with Gasteiger partial charge in [0.05, 0.1) is 5.69 Å². The molecule has 0 saturated heterocycles. The van der Waals surface area contributed by atoms with Crippen LogP contribution in [0, 0.1) is 0 Å². The van der Waals surface area contributed by atoms with Gasteiger partial charge in [0.1, 0.15) is 5.15 Å². The molecule has 0 amide bonds. The van der Waals surface area contributed by atoms with E-state index >= 15 is 0 Å². The van der Waals surface area contributed by atoms with E-state index < -0.39 is 0 Å². The number of aryl methyl sites for hydroxylation is 1. The smallest absolute Gasteiger partial charge is 0.129 e. The molecule has 0 radical (unpaired) electrons. The lowest BCUT2D eigenvalue weighted by atomic mass is 10.0. The third kappa shape index (κ3) is 1.71. The van der Waals surface area contributed by atoms with Crippen LogP contribution in [0.1, 0.15) is 24.3 Å². The minimum atomic E-state index is 0.532. The molecular weight excluding hydrogens is 222 g/mol. The van der Waals surface area contributed by atoms with Crippen LogP contribution in [0.2, 0.25) is 5.15 Å². The van der Waals surface area contributed by atoms with Crippen molar-refractivity contribution in [1.29, 1.82) is 0 Å². The molecule has 2 heterocycles. The van der Waals surface area contributed by atoms with Crippen molar-refractivity contribution >= 4 is 11.6 Å². The summed E-state index contributed by atoms with van der Waals surface area (Å²) < 4.78 is 1.81. The van der Waals surface area contributed by atoms with Gasteiger partial charge in [-0.05, 0) is 36.5 Å². The molecule has 0 unspecified atom stereocenters. The van der Waals surface area contributed by atoms with Crippen LogP contribution in [0.25, 0.3) is 11.3 Å². The van der Waals surface area contributed by atoms with Crippen LogP contribution in [0.15, 0.2) is 24.5 Å². The molecule has 0 atom stereocenters. The van der Waals surface area contributed by atoms with E-state index in [2.05, 4.69) is 10.1 Å². The minimum absolute atomic E-state index is 0.532. The van der Waals surface area contributed by atoms with E-state index in [9.17, 15) is 0 Å². The summed E-state index contributed by atoms with van der Waals surface area (Å²) in [6.45, 7) is 0. The second-order valence-electron chi connectivity index (χ2n) is 4.24. The Balaban J connectivity index is 2.13. The molecule has 1 aliphatic rings. The average Bonchev–Trinajstić information content (AvgIpc) is 3.01. The van der Waals surface area contributed by atoms with E-state index in [0.29, 0.717) is 11.1 Å². The minimum Gasteiger partial charge on any atom is -0.275 e. The van der Waals surface area contributed by atoms with E-state index in [0.717, 1.165) is 11.3 Å². The van der Waals surface area contributed by atoms with Crippen molar-refractivity contribution in [2.75, 3.05) is 0 Å². The molecule has 1 saturated carbocycles. The van der Waals surface area contributed by atoms with Crippen molar-refractivity contribution in [2.45, 2.75) is 18.8 Å².